The highest BCUT2D eigenvalue weighted by Gasteiger charge is 2.21. The summed E-state index contributed by atoms with van der Waals surface area (Å²) in [6.45, 7) is 4.35. The summed E-state index contributed by atoms with van der Waals surface area (Å²) in [6, 6.07) is 3.81. The molecule has 112 valence electrons. The zero-order valence-corrected chi connectivity index (χ0v) is 12.7. The van der Waals surface area contributed by atoms with E-state index in [-0.39, 0.29) is 11.8 Å². The van der Waals surface area contributed by atoms with Crippen molar-refractivity contribution in [3.63, 3.8) is 0 Å². The number of nitrogens with two attached hydrogens (primary N) is 2. The molecular formula is C14H18N4O2S. The van der Waals surface area contributed by atoms with Crippen molar-refractivity contribution in [2.45, 2.75) is 26.5 Å². The normalized spacial score (nSPS) is 10.6. The second-order valence-corrected chi connectivity index (χ2v) is 5.77. The summed E-state index contributed by atoms with van der Waals surface area (Å²) >= 11 is 1.20. The molecule has 7 heteroatoms. The van der Waals surface area contributed by atoms with Crippen LogP contribution in [0.15, 0.2) is 24.5 Å². The fraction of sp³-hybridized carbons (Fsp3) is 0.286. The van der Waals surface area contributed by atoms with Crippen LogP contribution in [0, 0.1) is 0 Å². The van der Waals surface area contributed by atoms with Crippen LogP contribution in [0.5, 0.6) is 5.75 Å². The van der Waals surface area contributed by atoms with Crippen LogP contribution in [0.2, 0.25) is 0 Å². The maximum Gasteiger partial charge on any atom is 0.261 e. The molecule has 0 aliphatic heterocycles. The Labute approximate surface area is 127 Å². The van der Waals surface area contributed by atoms with Crippen LogP contribution in [0.3, 0.4) is 0 Å². The van der Waals surface area contributed by atoms with Gasteiger partial charge in [-0.25, -0.2) is 0 Å². The van der Waals surface area contributed by atoms with Crippen LogP contribution in [0.25, 0.3) is 0 Å². The van der Waals surface area contributed by atoms with Gasteiger partial charge in [0.05, 0.1) is 6.10 Å². The van der Waals surface area contributed by atoms with Crippen LogP contribution in [0.4, 0.5) is 10.7 Å². The first-order chi connectivity index (χ1) is 9.99. The van der Waals surface area contributed by atoms with Crippen molar-refractivity contribution < 1.29 is 9.53 Å². The number of primary amides is 1. The van der Waals surface area contributed by atoms with Crippen LogP contribution in [-0.4, -0.2) is 17.0 Å². The molecule has 0 atom stereocenters. The highest BCUT2D eigenvalue weighted by Crippen LogP contribution is 2.43. The number of amides is 1. The highest BCUT2D eigenvalue weighted by atomic mass is 32.1. The summed E-state index contributed by atoms with van der Waals surface area (Å²) < 4.78 is 5.69. The van der Waals surface area contributed by atoms with Crippen molar-refractivity contribution in [3.8, 4) is 5.75 Å². The molecule has 2 aromatic rings. The number of nitrogens with zero attached hydrogens (tertiary/aromatic N) is 1. The summed E-state index contributed by atoms with van der Waals surface area (Å²) in [5.41, 5.74) is 12.6. The minimum absolute atomic E-state index is 0.0541. The van der Waals surface area contributed by atoms with Crippen molar-refractivity contribution >= 4 is 27.9 Å². The van der Waals surface area contributed by atoms with Gasteiger partial charge in [0.2, 0.25) is 0 Å². The van der Waals surface area contributed by atoms with Gasteiger partial charge in [0, 0.05) is 18.9 Å². The Hall–Kier alpha value is -2.28. The fourth-order valence-electron chi connectivity index (χ4n) is 1.77. The van der Waals surface area contributed by atoms with E-state index in [1.54, 1.807) is 12.4 Å². The number of hydrogen-bond donors (Lipinski definition) is 3. The van der Waals surface area contributed by atoms with Crippen molar-refractivity contribution in [2.24, 2.45) is 5.73 Å². The molecule has 2 rings (SSSR count). The van der Waals surface area contributed by atoms with Gasteiger partial charge in [0.15, 0.2) is 5.75 Å². The van der Waals surface area contributed by atoms with E-state index in [1.807, 2.05) is 26.0 Å². The summed E-state index contributed by atoms with van der Waals surface area (Å²) in [5.74, 6) is -0.0757. The lowest BCUT2D eigenvalue weighted by Gasteiger charge is -2.12. The second kappa shape index (κ2) is 6.45. The molecule has 0 aromatic carbocycles. The summed E-state index contributed by atoms with van der Waals surface area (Å²) in [4.78, 5) is 15.8. The molecule has 0 spiro atoms. The summed E-state index contributed by atoms with van der Waals surface area (Å²) in [5, 5.41) is 3.91. The van der Waals surface area contributed by atoms with E-state index < -0.39 is 5.91 Å². The third kappa shape index (κ3) is 3.63. The lowest BCUT2D eigenvalue weighted by atomic mass is 10.3. The Bertz CT molecular complexity index is 625. The number of anilines is 2. The van der Waals surface area contributed by atoms with E-state index in [1.165, 1.54) is 11.3 Å². The number of thiophene rings is 1. The number of aromatic nitrogens is 1. The minimum Gasteiger partial charge on any atom is -0.486 e. The smallest absolute Gasteiger partial charge is 0.261 e. The first-order valence-electron chi connectivity index (χ1n) is 6.50. The van der Waals surface area contributed by atoms with Gasteiger partial charge >= 0.3 is 0 Å². The quantitative estimate of drug-likeness (QED) is 0.759. The van der Waals surface area contributed by atoms with E-state index >= 15 is 0 Å². The second-order valence-electron chi connectivity index (χ2n) is 4.75. The molecule has 5 N–H and O–H groups in total. The van der Waals surface area contributed by atoms with Crippen molar-refractivity contribution in [1.82, 2.24) is 4.98 Å². The van der Waals surface area contributed by atoms with E-state index in [0.29, 0.717) is 22.2 Å². The average Bonchev–Trinajstić information content (AvgIpc) is 2.75. The maximum atomic E-state index is 11.4. The number of ether oxygens (including phenoxy) is 1. The predicted octanol–water partition coefficient (Wildman–Crippen LogP) is 2.22. The Kier molecular flexibility index (Phi) is 4.64. The summed E-state index contributed by atoms with van der Waals surface area (Å²) in [7, 11) is 0. The minimum atomic E-state index is -0.555. The molecule has 21 heavy (non-hydrogen) atoms. The first kappa shape index (κ1) is 15.1. The molecule has 6 nitrogen and oxygen atoms in total. The molecule has 2 heterocycles. The Morgan fingerprint density at radius 1 is 1.52 bits per heavy atom. The predicted molar refractivity (Wildman–Crippen MR) is 84.6 cm³/mol. The molecule has 0 unspecified atom stereocenters. The van der Waals surface area contributed by atoms with E-state index in [0.717, 1.165) is 5.56 Å². The van der Waals surface area contributed by atoms with Gasteiger partial charge in [-0.3, -0.25) is 9.78 Å². The van der Waals surface area contributed by atoms with Crippen LogP contribution < -0.4 is 21.5 Å². The number of nitrogen functional groups attached to an aromatic ring is 1. The van der Waals surface area contributed by atoms with Gasteiger partial charge in [-0.2, -0.15) is 0 Å². The largest absolute Gasteiger partial charge is 0.486 e. The number of pyridine rings is 1. The third-order valence-corrected chi connectivity index (χ3v) is 3.81. The SMILES string of the molecule is CC(C)Oc1c(NCc2cccnc2)sc(C(N)=O)c1N. The van der Waals surface area contributed by atoms with Gasteiger partial charge in [0.1, 0.15) is 15.6 Å². The number of carbonyl (C=O) groups is 1. The number of hydrogen-bond acceptors (Lipinski definition) is 6. The molecule has 2 aromatic heterocycles. The van der Waals surface area contributed by atoms with Crippen molar-refractivity contribution in [1.29, 1.82) is 0 Å². The van der Waals surface area contributed by atoms with Crippen LogP contribution in [0.1, 0.15) is 29.1 Å². The van der Waals surface area contributed by atoms with Gasteiger partial charge in [-0.1, -0.05) is 6.07 Å². The van der Waals surface area contributed by atoms with E-state index in [9.17, 15) is 4.79 Å². The van der Waals surface area contributed by atoms with Gasteiger partial charge in [-0.05, 0) is 25.5 Å². The topological polar surface area (TPSA) is 103 Å². The molecule has 0 aliphatic carbocycles. The monoisotopic (exact) mass is 306 g/mol. The Morgan fingerprint density at radius 2 is 2.29 bits per heavy atom. The van der Waals surface area contributed by atoms with Gasteiger partial charge in [0.25, 0.3) is 5.91 Å². The number of rotatable bonds is 6. The Morgan fingerprint density at radius 3 is 2.86 bits per heavy atom. The molecule has 1 amide bonds. The zero-order chi connectivity index (χ0) is 15.4. The van der Waals surface area contributed by atoms with Gasteiger partial charge in [-0.15, -0.1) is 11.3 Å². The first-order valence-corrected chi connectivity index (χ1v) is 7.32. The fourth-order valence-corrected chi connectivity index (χ4v) is 2.67. The average molecular weight is 306 g/mol. The molecule has 0 aliphatic rings. The summed E-state index contributed by atoms with van der Waals surface area (Å²) in [6.07, 6.45) is 3.43. The van der Waals surface area contributed by atoms with Crippen molar-refractivity contribution in [3.05, 3.63) is 35.0 Å². The Balaban J connectivity index is 2.24. The van der Waals surface area contributed by atoms with E-state index in [2.05, 4.69) is 10.3 Å². The zero-order valence-electron chi connectivity index (χ0n) is 11.9. The molecule has 0 saturated heterocycles. The lowest BCUT2D eigenvalue weighted by Crippen LogP contribution is -2.12. The molecular weight excluding hydrogens is 288 g/mol. The standard InChI is InChI=1S/C14H18N4O2S/c1-8(2)20-11-10(15)12(13(16)19)21-14(11)18-7-9-4-3-5-17-6-9/h3-6,8,18H,7,15H2,1-2H3,(H2,16,19). The highest BCUT2D eigenvalue weighted by molar-refractivity contribution is 7.19. The van der Waals surface area contributed by atoms with E-state index in [4.69, 9.17) is 16.2 Å². The lowest BCUT2D eigenvalue weighted by molar-refractivity contribution is 0.100. The molecule has 0 bridgehead atoms. The van der Waals surface area contributed by atoms with Crippen molar-refractivity contribution in [2.75, 3.05) is 11.1 Å². The van der Waals surface area contributed by atoms with Gasteiger partial charge < -0.3 is 21.5 Å². The molecule has 0 radical (unpaired) electrons. The molecule has 0 fully saturated rings. The number of nitrogens with one attached hydrogen (secondary N) is 1. The maximum absolute atomic E-state index is 11.4. The molecule has 0 saturated carbocycles. The van der Waals surface area contributed by atoms with Crippen LogP contribution in [-0.2, 0) is 6.54 Å². The number of carbonyl (C=O) groups excluding carboxylic acids is 1. The van der Waals surface area contributed by atoms with Crippen LogP contribution >= 0.6 is 11.3 Å². The third-order valence-electron chi connectivity index (χ3n) is 2.65.